The number of amides is 2. The van der Waals surface area contributed by atoms with E-state index in [1.165, 1.54) is 32.4 Å². The van der Waals surface area contributed by atoms with Gasteiger partial charge in [-0.15, -0.1) is 0 Å². The molecule has 0 bridgehead atoms. The molecule has 0 saturated carbocycles. The average Bonchev–Trinajstić information content (AvgIpc) is 2.86. The lowest BCUT2D eigenvalue weighted by molar-refractivity contribution is -0.140. The highest BCUT2D eigenvalue weighted by Gasteiger charge is 2.35. The fraction of sp³-hybridized carbons (Fsp3) is 0.381. The normalized spacial score (nSPS) is 16.6. The zero-order valence-electron chi connectivity index (χ0n) is 18.3. The zero-order valence-corrected chi connectivity index (χ0v) is 19.1. The summed E-state index contributed by atoms with van der Waals surface area (Å²) in [6.45, 7) is 0.501. The van der Waals surface area contributed by atoms with Gasteiger partial charge in [0.25, 0.3) is 0 Å². The summed E-state index contributed by atoms with van der Waals surface area (Å²) in [7, 11) is -1.10. The van der Waals surface area contributed by atoms with Gasteiger partial charge < -0.3 is 24.8 Å². The number of hydrogen-bond acceptors (Lipinski definition) is 8. The monoisotopic (exact) mass is 478 g/mol. The van der Waals surface area contributed by atoms with Crippen molar-refractivity contribution in [2.75, 3.05) is 33.9 Å². The molecule has 0 unspecified atom stereocenters. The van der Waals surface area contributed by atoms with Crippen LogP contribution in [0.4, 0.5) is 0 Å². The summed E-state index contributed by atoms with van der Waals surface area (Å²) >= 11 is 0. The molecule has 0 aliphatic carbocycles. The molecule has 2 heterocycles. The fourth-order valence-electron chi connectivity index (χ4n) is 3.24. The van der Waals surface area contributed by atoms with Crippen LogP contribution in [0.2, 0.25) is 0 Å². The molecular formula is C21H26N4O7S. The van der Waals surface area contributed by atoms with Gasteiger partial charge in [-0.25, -0.2) is 8.42 Å². The Balaban J connectivity index is 1.65. The summed E-state index contributed by atoms with van der Waals surface area (Å²) in [4.78, 5) is 28.2. The molecule has 1 fully saturated rings. The number of carbonyl (C=O) groups is 2. The first-order valence-corrected chi connectivity index (χ1v) is 11.6. The third kappa shape index (κ3) is 5.97. The number of nitrogens with one attached hydrogen (secondary N) is 2. The molecule has 11 nitrogen and oxygen atoms in total. The van der Waals surface area contributed by atoms with E-state index in [1.54, 1.807) is 24.5 Å². The zero-order chi connectivity index (χ0) is 23.8. The number of sulfonamides is 1. The van der Waals surface area contributed by atoms with Crippen LogP contribution in [-0.4, -0.2) is 69.7 Å². The van der Waals surface area contributed by atoms with Crippen LogP contribution in [0.25, 0.3) is 0 Å². The second kappa shape index (κ2) is 11.1. The van der Waals surface area contributed by atoms with Crippen molar-refractivity contribution >= 4 is 21.8 Å². The van der Waals surface area contributed by atoms with Gasteiger partial charge in [-0.3, -0.25) is 14.6 Å². The summed E-state index contributed by atoms with van der Waals surface area (Å²) in [6.07, 6.45) is 2.68. The molecule has 1 aliphatic rings. The van der Waals surface area contributed by atoms with E-state index in [0.717, 1.165) is 9.87 Å². The number of aromatic nitrogens is 1. The van der Waals surface area contributed by atoms with Crippen LogP contribution in [-0.2, 0) is 30.9 Å². The van der Waals surface area contributed by atoms with Crippen LogP contribution in [0.15, 0.2) is 47.6 Å². The molecule has 2 N–H and O–H groups in total. The maximum absolute atomic E-state index is 13.3. The first-order chi connectivity index (χ1) is 15.9. The van der Waals surface area contributed by atoms with E-state index in [2.05, 4.69) is 15.6 Å². The highest BCUT2D eigenvalue weighted by Crippen LogP contribution is 2.31. The Morgan fingerprint density at radius 1 is 1.09 bits per heavy atom. The van der Waals surface area contributed by atoms with Crippen LogP contribution in [0.5, 0.6) is 11.5 Å². The van der Waals surface area contributed by atoms with Gasteiger partial charge in [-0.2, -0.15) is 4.31 Å². The molecule has 12 heteroatoms. The van der Waals surface area contributed by atoms with Crippen molar-refractivity contribution in [2.45, 2.75) is 24.1 Å². The fourth-order valence-corrected chi connectivity index (χ4v) is 4.82. The van der Waals surface area contributed by atoms with Crippen molar-refractivity contribution < 1.29 is 32.2 Å². The van der Waals surface area contributed by atoms with E-state index in [9.17, 15) is 18.0 Å². The predicted octanol–water partition coefficient (Wildman–Crippen LogP) is 0.269. The van der Waals surface area contributed by atoms with Gasteiger partial charge >= 0.3 is 11.8 Å². The van der Waals surface area contributed by atoms with Gasteiger partial charge in [0.2, 0.25) is 10.0 Å². The van der Waals surface area contributed by atoms with Crippen molar-refractivity contribution in [1.29, 1.82) is 0 Å². The van der Waals surface area contributed by atoms with Crippen molar-refractivity contribution in [3.8, 4) is 11.5 Å². The highest BCUT2D eigenvalue weighted by atomic mass is 32.2. The van der Waals surface area contributed by atoms with Crippen LogP contribution in [0, 0.1) is 0 Å². The molecule has 3 rings (SSSR count). The van der Waals surface area contributed by atoms with E-state index < -0.39 is 28.1 Å². The predicted molar refractivity (Wildman–Crippen MR) is 117 cm³/mol. The first kappa shape index (κ1) is 24.4. The Hall–Kier alpha value is -3.22. The van der Waals surface area contributed by atoms with Crippen LogP contribution < -0.4 is 20.1 Å². The highest BCUT2D eigenvalue weighted by molar-refractivity contribution is 7.89. The van der Waals surface area contributed by atoms with Gasteiger partial charge in [0, 0.05) is 31.5 Å². The summed E-state index contributed by atoms with van der Waals surface area (Å²) in [5, 5.41) is 4.94. The Morgan fingerprint density at radius 2 is 1.79 bits per heavy atom. The Kier molecular flexibility index (Phi) is 8.20. The maximum Gasteiger partial charge on any atom is 0.309 e. The van der Waals surface area contributed by atoms with Crippen molar-refractivity contribution in [3.05, 3.63) is 48.3 Å². The summed E-state index contributed by atoms with van der Waals surface area (Å²) < 4.78 is 43.6. The summed E-state index contributed by atoms with van der Waals surface area (Å²) in [5.41, 5.74) is 0.786. The number of ether oxygens (including phenoxy) is 3. The van der Waals surface area contributed by atoms with Crippen LogP contribution >= 0.6 is 0 Å². The summed E-state index contributed by atoms with van der Waals surface area (Å²) in [6, 6.07) is 7.70. The third-order valence-electron chi connectivity index (χ3n) is 4.96. The number of carbonyl (C=O) groups excluding carboxylic acids is 2. The first-order valence-electron chi connectivity index (χ1n) is 10.2. The van der Waals surface area contributed by atoms with Crippen LogP contribution in [0.1, 0.15) is 12.0 Å². The van der Waals surface area contributed by atoms with Gasteiger partial charge in [0.05, 0.1) is 32.3 Å². The van der Waals surface area contributed by atoms with Gasteiger partial charge in [-0.1, -0.05) is 0 Å². The Labute approximate surface area is 192 Å². The van der Waals surface area contributed by atoms with Gasteiger partial charge in [-0.05, 0) is 36.2 Å². The number of rotatable bonds is 8. The van der Waals surface area contributed by atoms with E-state index in [0.29, 0.717) is 18.8 Å². The SMILES string of the molecule is COc1ccc(S(=O)(=O)N2CCCO[C@H]2CNC(=O)C(=O)NCc2ccncc2)cc1OC. The number of pyridine rings is 1. The molecule has 1 atom stereocenters. The molecule has 2 aromatic rings. The molecule has 33 heavy (non-hydrogen) atoms. The average molecular weight is 479 g/mol. The largest absolute Gasteiger partial charge is 0.493 e. The second-order valence-corrected chi connectivity index (χ2v) is 8.95. The second-order valence-electron chi connectivity index (χ2n) is 7.06. The molecular weight excluding hydrogens is 452 g/mol. The Bertz CT molecular complexity index is 1080. The van der Waals surface area contributed by atoms with E-state index in [1.807, 2.05) is 0 Å². The molecule has 2 amide bonds. The summed E-state index contributed by atoms with van der Waals surface area (Å²) in [5.74, 6) is -1.06. The number of hydrogen-bond donors (Lipinski definition) is 2. The minimum atomic E-state index is -3.97. The molecule has 0 spiro atoms. The lowest BCUT2D eigenvalue weighted by atomic mass is 10.3. The smallest absolute Gasteiger partial charge is 0.309 e. The maximum atomic E-state index is 13.3. The lowest BCUT2D eigenvalue weighted by Crippen LogP contribution is -2.53. The number of methoxy groups -OCH3 is 2. The lowest BCUT2D eigenvalue weighted by Gasteiger charge is -2.34. The molecule has 178 valence electrons. The third-order valence-corrected chi connectivity index (χ3v) is 6.85. The quantitative estimate of drug-likeness (QED) is 0.516. The molecule has 0 radical (unpaired) electrons. The molecule has 1 aliphatic heterocycles. The molecule has 1 aromatic heterocycles. The van der Waals surface area contributed by atoms with Crippen molar-refractivity contribution in [2.24, 2.45) is 0 Å². The minimum Gasteiger partial charge on any atom is -0.493 e. The van der Waals surface area contributed by atoms with Crippen LogP contribution in [0.3, 0.4) is 0 Å². The van der Waals surface area contributed by atoms with E-state index >= 15 is 0 Å². The number of nitrogens with zero attached hydrogens (tertiary/aromatic N) is 2. The Morgan fingerprint density at radius 3 is 2.48 bits per heavy atom. The topological polar surface area (TPSA) is 136 Å². The van der Waals surface area contributed by atoms with Crippen molar-refractivity contribution in [1.82, 2.24) is 19.9 Å². The van der Waals surface area contributed by atoms with Gasteiger partial charge in [0.1, 0.15) is 6.23 Å². The molecule has 1 aromatic carbocycles. The number of benzene rings is 1. The van der Waals surface area contributed by atoms with Gasteiger partial charge in [0.15, 0.2) is 11.5 Å². The van der Waals surface area contributed by atoms with E-state index in [-0.39, 0.29) is 30.3 Å². The molecule has 1 saturated heterocycles. The standard InChI is InChI=1S/C21H26N4O7S/c1-30-17-5-4-16(12-18(17)31-2)33(28,29)25-10-3-11-32-19(25)14-24-21(27)20(26)23-13-15-6-8-22-9-7-15/h4-9,12,19H,3,10-11,13-14H2,1-2H3,(H,23,26)(H,24,27)/t19-/m0/s1. The van der Waals surface area contributed by atoms with E-state index in [4.69, 9.17) is 14.2 Å². The minimum absolute atomic E-state index is 0.00271. The van der Waals surface area contributed by atoms with Crippen molar-refractivity contribution in [3.63, 3.8) is 0 Å².